The molecule has 1 aromatic carbocycles. The highest BCUT2D eigenvalue weighted by Crippen LogP contribution is 2.27. The average molecular weight is 304 g/mol. The van der Waals surface area contributed by atoms with Gasteiger partial charge in [-0.15, -0.1) is 0 Å². The van der Waals surface area contributed by atoms with E-state index in [1.807, 2.05) is 31.2 Å². The number of morpholine rings is 1. The first kappa shape index (κ1) is 14.3. The van der Waals surface area contributed by atoms with Gasteiger partial charge in [-0.1, -0.05) is 23.7 Å². The van der Waals surface area contributed by atoms with Gasteiger partial charge in [-0.2, -0.15) is 0 Å². The summed E-state index contributed by atoms with van der Waals surface area (Å²) in [6, 6.07) is 7.85. The van der Waals surface area contributed by atoms with E-state index in [1.54, 1.807) is 6.33 Å². The lowest BCUT2D eigenvalue weighted by Crippen LogP contribution is -2.39. The van der Waals surface area contributed by atoms with Crippen LogP contribution in [0.3, 0.4) is 0 Å². The minimum absolute atomic E-state index is 0.0469. The summed E-state index contributed by atoms with van der Waals surface area (Å²) in [4.78, 5) is 11.0. The van der Waals surface area contributed by atoms with Gasteiger partial charge < -0.3 is 9.64 Å². The van der Waals surface area contributed by atoms with E-state index < -0.39 is 0 Å². The lowest BCUT2D eigenvalue weighted by molar-refractivity contribution is 0.0395. The normalized spacial score (nSPS) is 18.8. The fraction of sp³-hybridized carbons (Fsp3) is 0.375. The molecule has 1 aliphatic rings. The maximum Gasteiger partial charge on any atom is 0.135 e. The quantitative estimate of drug-likeness (QED) is 0.853. The van der Waals surface area contributed by atoms with E-state index in [0.29, 0.717) is 6.61 Å². The van der Waals surface area contributed by atoms with Crippen molar-refractivity contribution in [3.63, 3.8) is 0 Å². The van der Waals surface area contributed by atoms with Gasteiger partial charge in [0, 0.05) is 29.4 Å². The van der Waals surface area contributed by atoms with Crippen LogP contribution in [0.15, 0.2) is 30.6 Å². The standard InChI is InChI=1S/C16H18ClN3O/c1-11-12(2)18-10-19-16(11)20-7-8-21-15(9-20)13-3-5-14(17)6-4-13/h3-6,10,15H,7-9H2,1-2H3/t15-/m0/s1. The van der Waals surface area contributed by atoms with Crippen LogP contribution >= 0.6 is 11.6 Å². The van der Waals surface area contributed by atoms with E-state index in [1.165, 1.54) is 0 Å². The largest absolute Gasteiger partial charge is 0.370 e. The van der Waals surface area contributed by atoms with Gasteiger partial charge in [-0.3, -0.25) is 0 Å². The van der Waals surface area contributed by atoms with Gasteiger partial charge in [0.25, 0.3) is 0 Å². The number of ether oxygens (including phenoxy) is 1. The van der Waals surface area contributed by atoms with Gasteiger partial charge in [0.15, 0.2) is 0 Å². The van der Waals surface area contributed by atoms with Gasteiger partial charge in [0.05, 0.1) is 6.61 Å². The van der Waals surface area contributed by atoms with E-state index in [2.05, 4.69) is 21.8 Å². The second-order valence-corrected chi connectivity index (χ2v) is 5.70. The molecule has 110 valence electrons. The van der Waals surface area contributed by atoms with Crippen molar-refractivity contribution in [1.29, 1.82) is 0 Å². The number of rotatable bonds is 2. The molecule has 2 aromatic rings. The van der Waals surface area contributed by atoms with Crippen molar-refractivity contribution in [1.82, 2.24) is 9.97 Å². The van der Waals surface area contributed by atoms with Crippen molar-refractivity contribution in [2.45, 2.75) is 20.0 Å². The first-order valence-electron chi connectivity index (χ1n) is 7.05. The zero-order chi connectivity index (χ0) is 14.8. The Morgan fingerprint density at radius 1 is 1.19 bits per heavy atom. The van der Waals surface area contributed by atoms with Gasteiger partial charge >= 0.3 is 0 Å². The zero-order valence-electron chi connectivity index (χ0n) is 12.2. The third kappa shape index (κ3) is 3.01. The molecule has 1 saturated heterocycles. The summed E-state index contributed by atoms with van der Waals surface area (Å²) in [6.07, 6.45) is 1.68. The van der Waals surface area contributed by atoms with Crippen LogP contribution in [0.5, 0.6) is 0 Å². The molecule has 21 heavy (non-hydrogen) atoms. The summed E-state index contributed by atoms with van der Waals surface area (Å²) in [5, 5.41) is 0.744. The van der Waals surface area contributed by atoms with Crippen molar-refractivity contribution in [2.75, 3.05) is 24.6 Å². The Morgan fingerprint density at radius 3 is 2.71 bits per heavy atom. The number of aromatic nitrogens is 2. The highest BCUT2D eigenvalue weighted by atomic mass is 35.5. The molecule has 0 radical (unpaired) electrons. The molecule has 2 heterocycles. The minimum Gasteiger partial charge on any atom is -0.370 e. The van der Waals surface area contributed by atoms with E-state index in [-0.39, 0.29) is 6.10 Å². The highest BCUT2D eigenvalue weighted by Gasteiger charge is 2.24. The summed E-state index contributed by atoms with van der Waals surface area (Å²) in [5.41, 5.74) is 3.30. The molecule has 1 aliphatic heterocycles. The molecular formula is C16H18ClN3O. The SMILES string of the molecule is Cc1ncnc(N2CCO[C@H](c3ccc(Cl)cc3)C2)c1C. The van der Waals surface area contributed by atoms with E-state index in [4.69, 9.17) is 16.3 Å². The Balaban J connectivity index is 1.82. The predicted molar refractivity (Wildman–Crippen MR) is 83.9 cm³/mol. The number of nitrogens with zero attached hydrogens (tertiary/aromatic N) is 3. The fourth-order valence-corrected chi connectivity index (χ4v) is 2.69. The third-order valence-electron chi connectivity index (χ3n) is 3.92. The number of halogens is 1. The second-order valence-electron chi connectivity index (χ2n) is 5.26. The number of hydrogen-bond donors (Lipinski definition) is 0. The number of hydrogen-bond acceptors (Lipinski definition) is 4. The van der Waals surface area contributed by atoms with E-state index >= 15 is 0 Å². The molecule has 0 spiro atoms. The molecule has 1 aromatic heterocycles. The van der Waals surface area contributed by atoms with Crippen LogP contribution in [0.2, 0.25) is 5.02 Å². The van der Waals surface area contributed by atoms with Crippen LogP contribution in [0.1, 0.15) is 22.9 Å². The van der Waals surface area contributed by atoms with Crippen LogP contribution in [-0.4, -0.2) is 29.7 Å². The van der Waals surface area contributed by atoms with Gasteiger partial charge in [0.2, 0.25) is 0 Å². The first-order chi connectivity index (χ1) is 10.1. The smallest absolute Gasteiger partial charge is 0.135 e. The van der Waals surface area contributed by atoms with Crippen molar-refractivity contribution in [3.8, 4) is 0 Å². The monoisotopic (exact) mass is 303 g/mol. The number of benzene rings is 1. The molecule has 3 rings (SSSR count). The molecule has 0 amide bonds. The van der Waals surface area contributed by atoms with Crippen LogP contribution < -0.4 is 4.90 Å². The fourth-order valence-electron chi connectivity index (χ4n) is 2.57. The minimum atomic E-state index is 0.0469. The van der Waals surface area contributed by atoms with Gasteiger partial charge in [0.1, 0.15) is 18.2 Å². The maximum absolute atomic E-state index is 5.95. The summed E-state index contributed by atoms with van der Waals surface area (Å²) in [7, 11) is 0. The molecule has 1 atom stereocenters. The van der Waals surface area contributed by atoms with Gasteiger partial charge in [-0.25, -0.2) is 9.97 Å². The lowest BCUT2D eigenvalue weighted by Gasteiger charge is -2.34. The van der Waals surface area contributed by atoms with Crippen LogP contribution in [0, 0.1) is 13.8 Å². The van der Waals surface area contributed by atoms with E-state index in [9.17, 15) is 0 Å². The average Bonchev–Trinajstić information content (AvgIpc) is 2.51. The molecule has 0 aliphatic carbocycles. The molecule has 1 fully saturated rings. The Kier molecular flexibility index (Phi) is 4.08. The highest BCUT2D eigenvalue weighted by molar-refractivity contribution is 6.30. The first-order valence-corrected chi connectivity index (χ1v) is 7.43. The maximum atomic E-state index is 5.95. The van der Waals surface area contributed by atoms with Crippen LogP contribution in [0.25, 0.3) is 0 Å². The van der Waals surface area contributed by atoms with E-state index in [0.717, 1.165) is 40.8 Å². The molecule has 5 heteroatoms. The summed E-state index contributed by atoms with van der Waals surface area (Å²) < 4.78 is 5.90. The summed E-state index contributed by atoms with van der Waals surface area (Å²) in [6.45, 7) is 6.41. The lowest BCUT2D eigenvalue weighted by atomic mass is 10.1. The Morgan fingerprint density at radius 2 is 1.95 bits per heavy atom. The van der Waals surface area contributed by atoms with Crippen molar-refractivity contribution in [2.24, 2.45) is 0 Å². The van der Waals surface area contributed by atoms with Crippen molar-refractivity contribution < 1.29 is 4.74 Å². The molecule has 0 saturated carbocycles. The Labute approximate surface area is 129 Å². The second kappa shape index (κ2) is 6.00. The number of anilines is 1. The molecule has 0 unspecified atom stereocenters. The summed E-state index contributed by atoms with van der Waals surface area (Å²) in [5.74, 6) is 1.00. The van der Waals surface area contributed by atoms with Gasteiger partial charge in [-0.05, 0) is 31.5 Å². The molecule has 4 nitrogen and oxygen atoms in total. The van der Waals surface area contributed by atoms with Crippen LogP contribution in [0.4, 0.5) is 5.82 Å². The third-order valence-corrected chi connectivity index (χ3v) is 4.17. The van der Waals surface area contributed by atoms with Crippen molar-refractivity contribution >= 4 is 17.4 Å². The molecule has 0 N–H and O–H groups in total. The van der Waals surface area contributed by atoms with Crippen molar-refractivity contribution in [3.05, 3.63) is 52.4 Å². The summed E-state index contributed by atoms with van der Waals surface area (Å²) >= 11 is 5.95. The van der Waals surface area contributed by atoms with Crippen LogP contribution in [-0.2, 0) is 4.74 Å². The topological polar surface area (TPSA) is 38.2 Å². The Bertz CT molecular complexity index is 630. The molecule has 0 bridgehead atoms. The molecular weight excluding hydrogens is 286 g/mol. The predicted octanol–water partition coefficient (Wildman–Crippen LogP) is 3.32. The Hall–Kier alpha value is -1.65. The number of aryl methyl sites for hydroxylation is 1. The zero-order valence-corrected chi connectivity index (χ0v) is 13.0.